The van der Waals surface area contributed by atoms with Crippen LogP contribution in [0.1, 0.15) is 28.5 Å². The number of carbonyl (C=O) groups is 2. The van der Waals surface area contributed by atoms with E-state index in [9.17, 15) is 9.59 Å². The number of carbonyl (C=O) groups excluding carboxylic acids is 2. The van der Waals surface area contributed by atoms with Gasteiger partial charge in [0, 0.05) is 28.8 Å². The quantitative estimate of drug-likeness (QED) is 0.350. The van der Waals surface area contributed by atoms with Crippen LogP contribution in [0, 0.1) is 6.92 Å². The Kier molecular flexibility index (Phi) is 6.29. The van der Waals surface area contributed by atoms with Gasteiger partial charge in [0.2, 0.25) is 0 Å². The lowest BCUT2D eigenvalue weighted by molar-refractivity contribution is -0.134. The van der Waals surface area contributed by atoms with Gasteiger partial charge in [-0.15, -0.1) is 0 Å². The fraction of sp³-hybridized carbons (Fsp3) is 0.227. The molecule has 0 saturated heterocycles. The van der Waals surface area contributed by atoms with Crippen LogP contribution >= 0.6 is 0 Å². The zero-order valence-corrected chi connectivity index (χ0v) is 16.8. The van der Waals surface area contributed by atoms with E-state index in [1.165, 1.54) is 12.4 Å². The molecule has 1 unspecified atom stereocenters. The lowest BCUT2D eigenvalue weighted by atomic mass is 10.0. The van der Waals surface area contributed by atoms with Crippen molar-refractivity contribution in [1.29, 1.82) is 0 Å². The molecule has 0 fully saturated rings. The molecule has 2 amide bonds. The molecule has 156 valence electrons. The van der Waals surface area contributed by atoms with Crippen LogP contribution in [-0.4, -0.2) is 34.1 Å². The Bertz CT molecular complexity index is 1060. The summed E-state index contributed by atoms with van der Waals surface area (Å²) in [6.45, 7) is 3.59. The number of amides is 2. The first-order chi connectivity index (χ1) is 14.3. The average Bonchev–Trinajstić information content (AvgIpc) is 2.75. The minimum absolute atomic E-state index is 0.134. The number of aromatic nitrogens is 1. The standard InChI is InChI=1S/C22H24N4O4/c1-14-11-16(18-5-3-4-6-19(18)25-14)12-30-17-9-7-15(8-10-17)20(27)24-13-22(2,23)21(28)26-29/h3-11,29H,12-13,23H2,1-2H3,(H,24,27)(H,26,28). The molecule has 2 aromatic carbocycles. The lowest BCUT2D eigenvalue weighted by Gasteiger charge is -2.22. The zero-order valence-electron chi connectivity index (χ0n) is 16.8. The molecule has 1 aromatic heterocycles. The van der Waals surface area contributed by atoms with E-state index >= 15 is 0 Å². The van der Waals surface area contributed by atoms with Crippen molar-refractivity contribution < 1.29 is 19.5 Å². The summed E-state index contributed by atoms with van der Waals surface area (Å²) >= 11 is 0. The number of benzene rings is 2. The van der Waals surface area contributed by atoms with E-state index in [2.05, 4.69) is 10.3 Å². The maximum Gasteiger partial charge on any atom is 0.264 e. The highest BCUT2D eigenvalue weighted by molar-refractivity contribution is 5.95. The highest BCUT2D eigenvalue weighted by atomic mass is 16.5. The fourth-order valence-corrected chi connectivity index (χ4v) is 2.95. The Morgan fingerprint density at radius 2 is 1.87 bits per heavy atom. The molecule has 3 rings (SSSR count). The third kappa shape index (κ3) is 4.91. The number of fused-ring (bicyclic) bond motifs is 1. The molecule has 8 heteroatoms. The molecule has 0 aliphatic carbocycles. The monoisotopic (exact) mass is 408 g/mol. The fourth-order valence-electron chi connectivity index (χ4n) is 2.95. The molecule has 0 bridgehead atoms. The van der Waals surface area contributed by atoms with Crippen LogP contribution in [0.25, 0.3) is 10.9 Å². The Morgan fingerprint density at radius 3 is 2.57 bits per heavy atom. The van der Waals surface area contributed by atoms with Crippen LogP contribution in [0.3, 0.4) is 0 Å². The normalized spacial score (nSPS) is 12.8. The first-order valence-electron chi connectivity index (χ1n) is 9.40. The van der Waals surface area contributed by atoms with Crippen LogP contribution in [-0.2, 0) is 11.4 Å². The predicted octanol–water partition coefficient (Wildman–Crippen LogP) is 2.07. The summed E-state index contributed by atoms with van der Waals surface area (Å²) in [5.74, 6) is -0.557. The Morgan fingerprint density at radius 1 is 1.17 bits per heavy atom. The number of para-hydroxylation sites is 1. The van der Waals surface area contributed by atoms with Crippen LogP contribution in [0.2, 0.25) is 0 Å². The van der Waals surface area contributed by atoms with Crippen molar-refractivity contribution in [3.8, 4) is 5.75 Å². The summed E-state index contributed by atoms with van der Waals surface area (Å²) in [4.78, 5) is 28.3. The molecule has 0 spiro atoms. The summed E-state index contributed by atoms with van der Waals surface area (Å²) in [7, 11) is 0. The van der Waals surface area contributed by atoms with Gasteiger partial charge in [0.15, 0.2) is 0 Å². The summed E-state index contributed by atoms with van der Waals surface area (Å²) in [6, 6.07) is 16.5. The Balaban J connectivity index is 1.63. The van der Waals surface area contributed by atoms with Crippen LogP contribution in [0.15, 0.2) is 54.6 Å². The van der Waals surface area contributed by atoms with E-state index < -0.39 is 11.4 Å². The summed E-state index contributed by atoms with van der Waals surface area (Å²) in [5.41, 5.74) is 9.07. The first-order valence-corrected chi connectivity index (χ1v) is 9.40. The van der Waals surface area contributed by atoms with Gasteiger partial charge in [0.05, 0.1) is 5.52 Å². The molecule has 0 radical (unpaired) electrons. The second-order valence-electron chi connectivity index (χ2n) is 7.29. The van der Waals surface area contributed by atoms with Crippen molar-refractivity contribution in [2.45, 2.75) is 26.0 Å². The van der Waals surface area contributed by atoms with Crippen molar-refractivity contribution >= 4 is 22.7 Å². The Hall–Kier alpha value is -3.49. The molecule has 0 aliphatic rings. The van der Waals surface area contributed by atoms with Gasteiger partial charge in [0.25, 0.3) is 11.8 Å². The Labute approximate surface area is 174 Å². The second-order valence-corrected chi connectivity index (χ2v) is 7.29. The second kappa shape index (κ2) is 8.89. The molecule has 8 nitrogen and oxygen atoms in total. The highest BCUT2D eigenvalue weighted by Gasteiger charge is 2.28. The molecule has 1 heterocycles. The third-order valence-corrected chi connectivity index (χ3v) is 4.68. The molecule has 0 aliphatic heterocycles. The average molecular weight is 408 g/mol. The van der Waals surface area contributed by atoms with Crippen molar-refractivity contribution in [2.75, 3.05) is 6.54 Å². The lowest BCUT2D eigenvalue weighted by Crippen LogP contribution is -2.57. The van der Waals surface area contributed by atoms with Crippen LogP contribution in [0.4, 0.5) is 0 Å². The van der Waals surface area contributed by atoms with Gasteiger partial charge in [-0.3, -0.25) is 19.8 Å². The van der Waals surface area contributed by atoms with E-state index in [1.807, 2.05) is 37.3 Å². The van der Waals surface area contributed by atoms with Gasteiger partial charge < -0.3 is 15.8 Å². The van der Waals surface area contributed by atoms with E-state index in [0.29, 0.717) is 17.9 Å². The maximum absolute atomic E-state index is 12.3. The van der Waals surface area contributed by atoms with Gasteiger partial charge in [-0.25, -0.2) is 5.48 Å². The number of nitrogens with two attached hydrogens (primary N) is 1. The molecule has 3 aromatic rings. The minimum Gasteiger partial charge on any atom is -0.489 e. The van der Waals surface area contributed by atoms with Crippen molar-refractivity contribution in [1.82, 2.24) is 15.8 Å². The van der Waals surface area contributed by atoms with Crippen LogP contribution < -0.4 is 21.3 Å². The van der Waals surface area contributed by atoms with Crippen molar-refractivity contribution in [3.05, 3.63) is 71.4 Å². The third-order valence-electron chi connectivity index (χ3n) is 4.68. The topological polar surface area (TPSA) is 127 Å². The zero-order chi connectivity index (χ0) is 21.7. The van der Waals surface area contributed by atoms with Crippen LogP contribution in [0.5, 0.6) is 5.75 Å². The molecule has 5 N–H and O–H groups in total. The molecule has 1 atom stereocenters. The van der Waals surface area contributed by atoms with Gasteiger partial charge in [0.1, 0.15) is 17.9 Å². The van der Waals surface area contributed by atoms with Gasteiger partial charge in [-0.05, 0) is 50.2 Å². The van der Waals surface area contributed by atoms with E-state index in [4.69, 9.17) is 15.7 Å². The summed E-state index contributed by atoms with van der Waals surface area (Å²) in [5, 5.41) is 12.3. The number of hydrogen-bond acceptors (Lipinski definition) is 6. The number of pyridine rings is 1. The predicted molar refractivity (Wildman–Crippen MR) is 112 cm³/mol. The maximum atomic E-state index is 12.3. The van der Waals surface area contributed by atoms with Crippen molar-refractivity contribution in [2.24, 2.45) is 5.73 Å². The number of nitrogens with zero attached hydrogens (tertiary/aromatic N) is 1. The van der Waals surface area contributed by atoms with Gasteiger partial charge in [-0.2, -0.15) is 0 Å². The number of ether oxygens (including phenoxy) is 1. The molecular formula is C22H24N4O4. The van der Waals surface area contributed by atoms with Gasteiger partial charge in [-0.1, -0.05) is 18.2 Å². The van der Waals surface area contributed by atoms with E-state index in [1.54, 1.807) is 24.3 Å². The number of aryl methyl sites for hydroxylation is 1. The van der Waals surface area contributed by atoms with E-state index in [-0.39, 0.29) is 12.5 Å². The van der Waals surface area contributed by atoms with Crippen molar-refractivity contribution in [3.63, 3.8) is 0 Å². The number of rotatable bonds is 7. The largest absolute Gasteiger partial charge is 0.489 e. The molecule has 30 heavy (non-hydrogen) atoms. The number of hydrogen-bond donors (Lipinski definition) is 4. The smallest absolute Gasteiger partial charge is 0.264 e. The molecular weight excluding hydrogens is 384 g/mol. The SMILES string of the molecule is Cc1cc(COc2ccc(C(=O)NCC(C)(N)C(=O)NO)cc2)c2ccccc2n1. The summed E-state index contributed by atoms with van der Waals surface area (Å²) < 4.78 is 5.89. The number of hydroxylamine groups is 1. The highest BCUT2D eigenvalue weighted by Crippen LogP contribution is 2.21. The number of nitrogens with one attached hydrogen (secondary N) is 2. The minimum atomic E-state index is -1.43. The molecule has 0 saturated carbocycles. The van der Waals surface area contributed by atoms with Gasteiger partial charge >= 0.3 is 0 Å². The van der Waals surface area contributed by atoms with E-state index in [0.717, 1.165) is 22.2 Å². The summed E-state index contributed by atoms with van der Waals surface area (Å²) in [6.07, 6.45) is 0. The first kappa shape index (κ1) is 21.2.